The number of aromatic amines is 1. The Kier molecular flexibility index (Phi) is 5.93. The molecular weight excluding hydrogens is 468 g/mol. The number of carbonyl (C=O) groups is 1. The van der Waals surface area contributed by atoms with Crippen molar-refractivity contribution in [2.75, 3.05) is 17.2 Å². The van der Waals surface area contributed by atoms with Crippen LogP contribution in [-0.4, -0.2) is 57.5 Å². The van der Waals surface area contributed by atoms with Crippen molar-refractivity contribution in [3.63, 3.8) is 0 Å². The fourth-order valence-corrected chi connectivity index (χ4v) is 5.02. The van der Waals surface area contributed by atoms with Crippen LogP contribution in [0.1, 0.15) is 26.7 Å². The number of benzene rings is 1. The number of imidazole rings is 1. The van der Waals surface area contributed by atoms with Crippen molar-refractivity contribution in [1.29, 1.82) is 0 Å². The van der Waals surface area contributed by atoms with E-state index in [1.54, 1.807) is 44.6 Å². The molecule has 1 N–H and O–H groups in total. The predicted molar refractivity (Wildman–Crippen MR) is 130 cm³/mol. The van der Waals surface area contributed by atoms with Crippen molar-refractivity contribution in [3.05, 3.63) is 49.1 Å². The van der Waals surface area contributed by atoms with Crippen LogP contribution in [0.4, 0.5) is 5.69 Å². The zero-order valence-corrected chi connectivity index (χ0v) is 20.1. The number of aromatic nitrogens is 5. The maximum atomic E-state index is 12.3. The smallest absolute Gasteiger partial charge is 0.195 e. The maximum Gasteiger partial charge on any atom is 0.195 e. The van der Waals surface area contributed by atoms with Gasteiger partial charge in [0.2, 0.25) is 0 Å². The third-order valence-corrected chi connectivity index (χ3v) is 7.67. The molecule has 180 valence electrons. The van der Waals surface area contributed by atoms with Gasteiger partial charge in [-0.15, -0.1) is 0 Å². The number of rotatable bonds is 7. The number of hydrogen-bond acceptors (Lipinski definition) is 9. The minimum Gasteiger partial charge on any atom is -0.453 e. The van der Waals surface area contributed by atoms with E-state index in [2.05, 4.69) is 24.9 Å². The lowest BCUT2D eigenvalue weighted by Crippen LogP contribution is -2.34. The topological polar surface area (TPSA) is 131 Å². The van der Waals surface area contributed by atoms with E-state index in [1.165, 1.54) is 12.3 Å². The van der Waals surface area contributed by atoms with Gasteiger partial charge in [0.05, 0.1) is 40.9 Å². The van der Waals surface area contributed by atoms with Gasteiger partial charge >= 0.3 is 0 Å². The summed E-state index contributed by atoms with van der Waals surface area (Å²) in [5.41, 5.74) is 2.77. The number of ether oxygens (including phenoxy) is 1. The third kappa shape index (κ3) is 4.46. The second kappa shape index (κ2) is 9.06. The van der Waals surface area contributed by atoms with E-state index in [9.17, 15) is 13.2 Å². The molecule has 1 aromatic carbocycles. The van der Waals surface area contributed by atoms with E-state index in [0.717, 1.165) is 24.0 Å². The largest absolute Gasteiger partial charge is 0.453 e. The van der Waals surface area contributed by atoms with Gasteiger partial charge in [-0.25, -0.2) is 23.4 Å². The van der Waals surface area contributed by atoms with Crippen LogP contribution >= 0.6 is 0 Å². The number of H-pyrrole nitrogens is 1. The van der Waals surface area contributed by atoms with Crippen molar-refractivity contribution >= 4 is 32.3 Å². The fourth-order valence-electron chi connectivity index (χ4n) is 4.24. The molecule has 0 bridgehead atoms. The van der Waals surface area contributed by atoms with E-state index in [-0.39, 0.29) is 22.6 Å². The minimum atomic E-state index is -3.42. The number of fused-ring (bicyclic) bond motifs is 1. The minimum absolute atomic E-state index is 0.000116. The Morgan fingerprint density at radius 1 is 1.20 bits per heavy atom. The Balaban J connectivity index is 1.58. The maximum absolute atomic E-state index is 12.3. The molecule has 1 aliphatic heterocycles. The molecule has 1 atom stereocenters. The summed E-state index contributed by atoms with van der Waals surface area (Å²) < 4.78 is 30.4. The summed E-state index contributed by atoms with van der Waals surface area (Å²) in [6.45, 7) is 3.88. The summed E-state index contributed by atoms with van der Waals surface area (Å²) in [6.07, 6.45) is 7.86. The highest BCUT2D eigenvalue weighted by molar-refractivity contribution is 7.91. The zero-order valence-electron chi connectivity index (χ0n) is 19.3. The Morgan fingerprint density at radius 2 is 2.06 bits per heavy atom. The van der Waals surface area contributed by atoms with E-state index >= 15 is 0 Å². The van der Waals surface area contributed by atoms with Crippen molar-refractivity contribution < 1.29 is 17.9 Å². The van der Waals surface area contributed by atoms with Gasteiger partial charge in [0.15, 0.2) is 32.2 Å². The molecule has 5 rings (SSSR count). The van der Waals surface area contributed by atoms with E-state index in [0.29, 0.717) is 35.1 Å². The first kappa shape index (κ1) is 22.9. The molecule has 35 heavy (non-hydrogen) atoms. The number of hydrogen-bond donors (Lipinski definition) is 1. The summed E-state index contributed by atoms with van der Waals surface area (Å²) in [7, 11) is -3.42. The number of pyridine rings is 1. The average molecular weight is 493 g/mol. The summed E-state index contributed by atoms with van der Waals surface area (Å²) in [5.74, 6) is 1.50. The highest BCUT2D eigenvalue weighted by Crippen LogP contribution is 2.39. The fraction of sp³-hybridized carbons (Fsp3) is 0.292. The van der Waals surface area contributed by atoms with Crippen molar-refractivity contribution in [2.24, 2.45) is 0 Å². The molecule has 1 aliphatic rings. The first-order valence-electron chi connectivity index (χ1n) is 11.3. The number of nitrogens with one attached hydrogen (secondary N) is 1. The molecule has 1 fully saturated rings. The van der Waals surface area contributed by atoms with Gasteiger partial charge in [-0.3, -0.25) is 9.78 Å². The van der Waals surface area contributed by atoms with Gasteiger partial charge in [0.1, 0.15) is 11.4 Å². The molecule has 3 aromatic heterocycles. The van der Waals surface area contributed by atoms with Gasteiger partial charge in [-0.1, -0.05) is 6.92 Å². The third-order valence-electron chi connectivity index (χ3n) is 6.04. The lowest BCUT2D eigenvalue weighted by atomic mass is 10.1. The molecular formula is C24H24N6O4S. The Morgan fingerprint density at radius 3 is 2.74 bits per heavy atom. The van der Waals surface area contributed by atoms with Crippen LogP contribution in [0.2, 0.25) is 0 Å². The van der Waals surface area contributed by atoms with Gasteiger partial charge in [-0.2, -0.15) is 0 Å². The van der Waals surface area contributed by atoms with Crippen molar-refractivity contribution in [2.45, 2.75) is 37.8 Å². The van der Waals surface area contributed by atoms with Gasteiger partial charge < -0.3 is 14.6 Å². The first-order chi connectivity index (χ1) is 16.9. The number of anilines is 1. The molecule has 4 aromatic rings. The average Bonchev–Trinajstić information content (AvgIpc) is 3.52. The number of sulfone groups is 1. The van der Waals surface area contributed by atoms with Gasteiger partial charge in [-0.05, 0) is 38.0 Å². The Hall–Kier alpha value is -3.86. The Bertz CT molecular complexity index is 1490. The van der Waals surface area contributed by atoms with Crippen LogP contribution in [-0.2, 0) is 14.6 Å². The molecule has 0 radical (unpaired) electrons. The van der Waals surface area contributed by atoms with E-state index < -0.39 is 9.84 Å². The van der Waals surface area contributed by atoms with Gasteiger partial charge in [0, 0.05) is 25.0 Å². The first-order valence-corrected chi connectivity index (χ1v) is 12.9. The number of Topliss-reactive ketones (excluding diaryl/α,β-unsaturated/α-hetero) is 1. The highest BCUT2D eigenvalue weighted by Gasteiger charge is 2.31. The van der Waals surface area contributed by atoms with Crippen LogP contribution in [0, 0.1) is 0 Å². The van der Waals surface area contributed by atoms with Crippen LogP contribution < -0.4 is 9.64 Å². The molecule has 0 saturated carbocycles. The van der Waals surface area contributed by atoms with Crippen LogP contribution in [0.3, 0.4) is 0 Å². The quantitative estimate of drug-likeness (QED) is 0.411. The standard InChI is InChI=1S/C24H24N6O4S/c1-3-35(32,33)23-7-6-16(13-27-23)34-22-12-18-17(28-24(29-18)19-14-25-8-9-26-19)11-21(22)30-10-4-5-20(30)15(2)31/h6-9,11-14,20H,3-5,10H2,1-2H3,(H,28,29)/t20-/m1/s1. The lowest BCUT2D eigenvalue weighted by molar-refractivity contribution is -0.118. The second-order valence-corrected chi connectivity index (χ2v) is 10.5. The molecule has 0 unspecified atom stereocenters. The van der Waals surface area contributed by atoms with Crippen molar-refractivity contribution in [1.82, 2.24) is 24.9 Å². The molecule has 10 nitrogen and oxygen atoms in total. The number of carbonyl (C=O) groups excluding carboxylic acids is 1. The van der Waals surface area contributed by atoms with Crippen molar-refractivity contribution in [3.8, 4) is 23.0 Å². The molecule has 4 heterocycles. The summed E-state index contributed by atoms with van der Waals surface area (Å²) in [5, 5.41) is 0.000116. The monoisotopic (exact) mass is 492 g/mol. The molecule has 0 aliphatic carbocycles. The lowest BCUT2D eigenvalue weighted by Gasteiger charge is -2.27. The SMILES string of the molecule is CCS(=O)(=O)c1ccc(Oc2cc3nc(-c4cnccn4)[nH]c3cc2N2CCC[C@@H]2C(C)=O)cn1. The van der Waals surface area contributed by atoms with Crippen LogP contribution in [0.25, 0.3) is 22.6 Å². The Labute approximate surface area is 202 Å². The normalized spacial score (nSPS) is 16.1. The van der Waals surface area contributed by atoms with E-state index in [4.69, 9.17) is 4.74 Å². The highest BCUT2D eigenvalue weighted by atomic mass is 32.2. The molecule has 1 saturated heterocycles. The van der Waals surface area contributed by atoms with Crippen LogP contribution in [0.15, 0.2) is 54.1 Å². The predicted octanol–water partition coefficient (Wildman–Crippen LogP) is 3.56. The number of ketones is 1. The molecule has 0 spiro atoms. The second-order valence-electron chi connectivity index (χ2n) is 8.31. The van der Waals surface area contributed by atoms with Crippen LogP contribution in [0.5, 0.6) is 11.5 Å². The zero-order chi connectivity index (χ0) is 24.6. The summed E-state index contributed by atoms with van der Waals surface area (Å²) >= 11 is 0. The molecule has 11 heteroatoms. The van der Waals surface area contributed by atoms with E-state index in [1.807, 2.05) is 11.0 Å². The summed E-state index contributed by atoms with van der Waals surface area (Å²) in [4.78, 5) is 34.8. The number of nitrogens with zero attached hydrogens (tertiary/aromatic N) is 5. The summed E-state index contributed by atoms with van der Waals surface area (Å²) in [6, 6.07) is 6.48. The van der Waals surface area contributed by atoms with Gasteiger partial charge in [0.25, 0.3) is 0 Å². The molecule has 0 amide bonds.